The lowest BCUT2D eigenvalue weighted by Gasteiger charge is -2.14. The van der Waals surface area contributed by atoms with Gasteiger partial charge in [-0.3, -0.25) is 0 Å². The number of benzene rings is 1. The summed E-state index contributed by atoms with van der Waals surface area (Å²) in [6.45, 7) is 0. The number of aromatic nitrogens is 1. The van der Waals surface area contributed by atoms with Crippen LogP contribution < -0.4 is 10.7 Å². The smallest absolute Gasteiger partial charge is 0.231 e. The van der Waals surface area contributed by atoms with Gasteiger partial charge in [-0.15, -0.1) is 0 Å². The number of aryl methyl sites for hydroxylation is 1. The highest BCUT2D eigenvalue weighted by molar-refractivity contribution is 6.34. The summed E-state index contributed by atoms with van der Waals surface area (Å²) in [6, 6.07) is 5.88. The van der Waals surface area contributed by atoms with Crippen LogP contribution in [0.3, 0.4) is 0 Å². The van der Waals surface area contributed by atoms with Crippen molar-refractivity contribution in [3.8, 4) is 0 Å². The van der Waals surface area contributed by atoms with Crippen molar-refractivity contribution in [3.63, 3.8) is 0 Å². The molecule has 0 aliphatic heterocycles. The molecular formula is C13H14ClN2+. The fourth-order valence-corrected chi connectivity index (χ4v) is 2.75. The average molecular weight is 234 g/mol. The first kappa shape index (κ1) is 9.91. The lowest BCUT2D eigenvalue weighted by atomic mass is 9.93. The normalized spacial score (nSPS) is 15.1. The predicted octanol–water partition coefficient (Wildman–Crippen LogP) is 2.77. The number of rotatable bonds is 0. The summed E-state index contributed by atoms with van der Waals surface area (Å²) in [5, 5.41) is 1.80. The molecule has 2 aromatic rings. The second-order valence-electron chi connectivity index (χ2n) is 4.37. The van der Waals surface area contributed by atoms with E-state index in [0.29, 0.717) is 0 Å². The van der Waals surface area contributed by atoms with Crippen LogP contribution in [0.1, 0.15) is 24.1 Å². The van der Waals surface area contributed by atoms with Crippen molar-refractivity contribution in [2.45, 2.75) is 25.7 Å². The van der Waals surface area contributed by atoms with Crippen molar-refractivity contribution in [1.29, 1.82) is 0 Å². The third kappa shape index (κ3) is 1.37. The van der Waals surface area contributed by atoms with Gasteiger partial charge in [0, 0.05) is 12.0 Å². The molecule has 0 fully saturated rings. The highest BCUT2D eigenvalue weighted by atomic mass is 35.5. The number of hydrogen-bond acceptors (Lipinski definition) is 1. The third-order valence-electron chi connectivity index (χ3n) is 3.37. The summed E-state index contributed by atoms with van der Waals surface area (Å²) >= 11 is 6.18. The molecule has 0 amide bonds. The Bertz CT molecular complexity index is 563. The van der Waals surface area contributed by atoms with Crippen LogP contribution in [0.2, 0.25) is 5.02 Å². The number of fused-ring (bicyclic) bond motifs is 2. The van der Waals surface area contributed by atoms with E-state index in [1.54, 1.807) is 0 Å². The maximum atomic E-state index is 6.23. The zero-order valence-corrected chi connectivity index (χ0v) is 9.77. The van der Waals surface area contributed by atoms with E-state index in [9.17, 15) is 0 Å². The Kier molecular flexibility index (Phi) is 2.25. The summed E-state index contributed by atoms with van der Waals surface area (Å²) in [5.74, 6) is 0. The molecule has 0 saturated carbocycles. The van der Waals surface area contributed by atoms with Crippen LogP contribution in [0.15, 0.2) is 18.2 Å². The molecule has 16 heavy (non-hydrogen) atoms. The molecule has 0 bridgehead atoms. The lowest BCUT2D eigenvalue weighted by molar-refractivity contribution is -0.359. The Labute approximate surface area is 99.4 Å². The number of H-pyrrole nitrogens is 1. The van der Waals surface area contributed by atoms with Gasteiger partial charge in [-0.1, -0.05) is 17.7 Å². The predicted molar refractivity (Wildman–Crippen MR) is 66.6 cm³/mol. The number of anilines is 1. The van der Waals surface area contributed by atoms with Gasteiger partial charge in [0.25, 0.3) is 0 Å². The number of nitrogens with two attached hydrogens (primary N) is 1. The number of para-hydroxylation sites is 1. The minimum atomic E-state index is 0.748. The average Bonchev–Trinajstić information content (AvgIpc) is 2.31. The van der Waals surface area contributed by atoms with Crippen molar-refractivity contribution < 1.29 is 4.98 Å². The van der Waals surface area contributed by atoms with Crippen LogP contribution in [-0.4, -0.2) is 0 Å². The summed E-state index contributed by atoms with van der Waals surface area (Å²) in [5.41, 5.74) is 10.7. The first-order valence-corrected chi connectivity index (χ1v) is 6.06. The maximum Gasteiger partial charge on any atom is 0.231 e. The number of pyridine rings is 1. The van der Waals surface area contributed by atoms with E-state index < -0.39 is 0 Å². The van der Waals surface area contributed by atoms with Crippen LogP contribution in [0.5, 0.6) is 0 Å². The fourth-order valence-electron chi connectivity index (χ4n) is 2.53. The van der Waals surface area contributed by atoms with Crippen LogP contribution in [-0.2, 0) is 12.8 Å². The standard InChI is InChI=1S/C13H13ClN2/c14-10-6-3-5-9-12(15)8-4-1-2-7-11(8)16-13(9)10/h3,5-6H,1-2,4,7H2,(H2,15,16)/p+1. The number of nitrogens with one attached hydrogen (secondary N) is 1. The van der Waals surface area contributed by atoms with Gasteiger partial charge < -0.3 is 5.73 Å². The molecule has 1 aliphatic rings. The fraction of sp³-hybridized carbons (Fsp3) is 0.308. The van der Waals surface area contributed by atoms with E-state index in [-0.39, 0.29) is 0 Å². The molecule has 0 atom stereocenters. The molecular weight excluding hydrogens is 220 g/mol. The third-order valence-corrected chi connectivity index (χ3v) is 3.69. The molecule has 2 nitrogen and oxygen atoms in total. The monoisotopic (exact) mass is 233 g/mol. The topological polar surface area (TPSA) is 40.2 Å². The highest BCUT2D eigenvalue weighted by Gasteiger charge is 2.22. The zero-order valence-electron chi connectivity index (χ0n) is 9.02. The molecule has 3 rings (SSSR count). The summed E-state index contributed by atoms with van der Waals surface area (Å²) in [6.07, 6.45) is 4.64. The van der Waals surface area contributed by atoms with Crippen molar-refractivity contribution >= 4 is 28.2 Å². The van der Waals surface area contributed by atoms with E-state index in [2.05, 4.69) is 4.98 Å². The van der Waals surface area contributed by atoms with Crippen molar-refractivity contribution in [2.75, 3.05) is 5.73 Å². The van der Waals surface area contributed by atoms with Crippen LogP contribution in [0.4, 0.5) is 5.69 Å². The number of hydrogen-bond donors (Lipinski definition) is 1. The zero-order chi connectivity index (χ0) is 11.1. The van der Waals surface area contributed by atoms with Gasteiger partial charge in [0.15, 0.2) is 5.69 Å². The number of halogens is 1. The molecule has 3 heteroatoms. The molecule has 0 saturated heterocycles. The minimum absolute atomic E-state index is 0.748. The molecule has 0 radical (unpaired) electrons. The largest absolute Gasteiger partial charge is 0.398 e. The molecule has 0 spiro atoms. The summed E-state index contributed by atoms with van der Waals surface area (Å²) < 4.78 is 0. The minimum Gasteiger partial charge on any atom is -0.398 e. The van der Waals surface area contributed by atoms with E-state index in [1.165, 1.54) is 24.1 Å². The van der Waals surface area contributed by atoms with E-state index >= 15 is 0 Å². The molecule has 82 valence electrons. The van der Waals surface area contributed by atoms with Crippen molar-refractivity contribution in [2.24, 2.45) is 0 Å². The van der Waals surface area contributed by atoms with Gasteiger partial charge >= 0.3 is 0 Å². The van der Waals surface area contributed by atoms with Crippen molar-refractivity contribution in [3.05, 3.63) is 34.5 Å². The molecule has 1 aromatic carbocycles. The Morgan fingerprint density at radius 1 is 1.19 bits per heavy atom. The van der Waals surface area contributed by atoms with Gasteiger partial charge in [-0.2, -0.15) is 0 Å². The molecule has 3 N–H and O–H groups in total. The van der Waals surface area contributed by atoms with Crippen LogP contribution in [0, 0.1) is 0 Å². The van der Waals surface area contributed by atoms with Gasteiger partial charge in [-0.05, 0) is 31.4 Å². The summed E-state index contributed by atoms with van der Waals surface area (Å²) in [7, 11) is 0. The molecule has 1 aromatic heterocycles. The lowest BCUT2D eigenvalue weighted by Crippen LogP contribution is -2.21. The van der Waals surface area contributed by atoms with E-state index in [0.717, 1.165) is 34.5 Å². The maximum absolute atomic E-state index is 6.23. The van der Waals surface area contributed by atoms with E-state index in [4.69, 9.17) is 17.3 Å². The number of aromatic amines is 1. The number of nitrogen functional groups attached to an aromatic ring is 1. The highest BCUT2D eigenvalue weighted by Crippen LogP contribution is 2.31. The molecule has 0 unspecified atom stereocenters. The SMILES string of the molecule is Nc1c2c([nH+]c3c(Cl)cccc13)CCCC2. The molecule has 1 aliphatic carbocycles. The second-order valence-corrected chi connectivity index (χ2v) is 4.77. The van der Waals surface area contributed by atoms with Gasteiger partial charge in [0.05, 0.1) is 11.1 Å². The van der Waals surface area contributed by atoms with Gasteiger partial charge in [-0.25, -0.2) is 4.98 Å². The Hall–Kier alpha value is -1.28. The Balaban J connectivity index is 2.39. The Morgan fingerprint density at radius 2 is 2.00 bits per heavy atom. The first-order valence-electron chi connectivity index (χ1n) is 5.68. The molecule has 1 heterocycles. The van der Waals surface area contributed by atoms with E-state index in [1.807, 2.05) is 18.2 Å². The van der Waals surface area contributed by atoms with Crippen LogP contribution >= 0.6 is 11.6 Å². The Morgan fingerprint density at radius 3 is 2.88 bits per heavy atom. The van der Waals surface area contributed by atoms with Crippen LogP contribution in [0.25, 0.3) is 10.9 Å². The van der Waals surface area contributed by atoms with Gasteiger partial charge in [0.2, 0.25) is 5.52 Å². The van der Waals surface area contributed by atoms with Gasteiger partial charge in [0.1, 0.15) is 5.02 Å². The second kappa shape index (κ2) is 3.63. The quantitative estimate of drug-likeness (QED) is 0.747. The first-order chi connectivity index (χ1) is 7.77. The van der Waals surface area contributed by atoms with Crippen molar-refractivity contribution in [1.82, 2.24) is 0 Å². The summed E-state index contributed by atoms with van der Waals surface area (Å²) in [4.78, 5) is 3.44.